The van der Waals surface area contributed by atoms with Gasteiger partial charge in [-0.25, -0.2) is 14.2 Å². The summed E-state index contributed by atoms with van der Waals surface area (Å²) in [6.07, 6.45) is 3.28. The Kier molecular flexibility index (Phi) is 7.51. The molecule has 1 aromatic heterocycles. The number of aryl methyl sites for hydroxylation is 1. The average molecular weight is 466 g/mol. The number of para-hydroxylation sites is 1. The van der Waals surface area contributed by atoms with Crippen molar-refractivity contribution in [3.8, 4) is 0 Å². The predicted octanol–water partition coefficient (Wildman–Crippen LogP) is 3.45. The van der Waals surface area contributed by atoms with Gasteiger partial charge in [-0.2, -0.15) is 0 Å². The minimum absolute atomic E-state index is 0.0667. The first-order valence-electron chi connectivity index (χ1n) is 11.5. The van der Waals surface area contributed by atoms with E-state index in [2.05, 4.69) is 20.6 Å². The fourth-order valence-electron chi connectivity index (χ4n) is 4.26. The highest BCUT2D eigenvalue weighted by atomic mass is 19.1. The average Bonchev–Trinajstić information content (AvgIpc) is 2.83. The Labute approximate surface area is 196 Å². The molecule has 2 aromatic carbocycles. The van der Waals surface area contributed by atoms with Crippen molar-refractivity contribution in [2.75, 3.05) is 25.0 Å². The number of aromatic amines is 1. The topological polar surface area (TPSA) is 107 Å². The summed E-state index contributed by atoms with van der Waals surface area (Å²) in [5, 5.41) is 5.98. The second kappa shape index (κ2) is 10.9. The minimum Gasteiger partial charge on any atom is -0.342 e. The second-order valence-corrected chi connectivity index (χ2v) is 8.58. The number of H-pyrrole nitrogens is 1. The normalized spacial score (nSPS) is 15.8. The molecule has 9 heteroatoms. The molecule has 0 spiro atoms. The Morgan fingerprint density at radius 2 is 2.03 bits per heavy atom. The highest BCUT2D eigenvalue weighted by Gasteiger charge is 2.23. The molecule has 1 aliphatic rings. The van der Waals surface area contributed by atoms with Crippen LogP contribution in [0.25, 0.3) is 10.9 Å². The molecule has 2 heterocycles. The standard InChI is InChI=1S/C25H28FN5O3/c26-18-7-3-8-19(14-18)28-25(34)27-15-17-6-5-13-31(16-17)23(32)12-4-11-22-29-21-10-2-1-9-20(21)24(33)30-22/h1-3,7-10,14,17H,4-6,11-13,15-16H2,(H2,27,28,34)(H,29,30,33). The first kappa shape index (κ1) is 23.4. The van der Waals surface area contributed by atoms with Crippen LogP contribution in [0.2, 0.25) is 0 Å². The van der Waals surface area contributed by atoms with Crippen LogP contribution in [0.4, 0.5) is 14.9 Å². The van der Waals surface area contributed by atoms with Crippen molar-refractivity contribution in [3.63, 3.8) is 0 Å². The highest BCUT2D eigenvalue weighted by Crippen LogP contribution is 2.18. The lowest BCUT2D eigenvalue weighted by atomic mass is 9.97. The number of likely N-dealkylation sites (tertiary alicyclic amines) is 1. The Morgan fingerprint density at radius 3 is 2.88 bits per heavy atom. The van der Waals surface area contributed by atoms with E-state index in [1.54, 1.807) is 24.3 Å². The first-order chi connectivity index (χ1) is 16.5. The van der Waals surface area contributed by atoms with Crippen molar-refractivity contribution < 1.29 is 14.0 Å². The maximum absolute atomic E-state index is 13.2. The van der Waals surface area contributed by atoms with Crippen molar-refractivity contribution in [1.82, 2.24) is 20.2 Å². The zero-order valence-electron chi connectivity index (χ0n) is 18.9. The number of anilines is 1. The van der Waals surface area contributed by atoms with Crippen LogP contribution in [0.5, 0.6) is 0 Å². The number of nitrogens with zero attached hydrogens (tertiary/aromatic N) is 2. The number of aromatic nitrogens is 2. The fourth-order valence-corrected chi connectivity index (χ4v) is 4.26. The van der Waals surface area contributed by atoms with E-state index in [4.69, 9.17) is 0 Å². The van der Waals surface area contributed by atoms with Crippen LogP contribution in [0.3, 0.4) is 0 Å². The van der Waals surface area contributed by atoms with Gasteiger partial charge in [0.1, 0.15) is 11.6 Å². The number of rotatable bonds is 7. The number of carbonyl (C=O) groups is 2. The number of urea groups is 1. The van der Waals surface area contributed by atoms with Crippen LogP contribution in [0.1, 0.15) is 31.5 Å². The van der Waals surface area contributed by atoms with Gasteiger partial charge in [-0.15, -0.1) is 0 Å². The van der Waals surface area contributed by atoms with Gasteiger partial charge in [-0.3, -0.25) is 9.59 Å². The molecular formula is C25H28FN5O3. The molecule has 3 aromatic rings. The minimum atomic E-state index is -0.415. The van der Waals surface area contributed by atoms with E-state index < -0.39 is 11.8 Å². The lowest BCUT2D eigenvalue weighted by molar-refractivity contribution is -0.133. The first-order valence-corrected chi connectivity index (χ1v) is 11.5. The smallest absolute Gasteiger partial charge is 0.319 e. The number of fused-ring (bicyclic) bond motifs is 1. The van der Waals surface area contributed by atoms with Crippen LogP contribution < -0.4 is 16.2 Å². The van der Waals surface area contributed by atoms with E-state index in [0.29, 0.717) is 61.3 Å². The summed E-state index contributed by atoms with van der Waals surface area (Å²) in [5.74, 6) is 0.398. The van der Waals surface area contributed by atoms with Gasteiger partial charge < -0.3 is 20.5 Å². The Morgan fingerprint density at radius 1 is 1.18 bits per heavy atom. The van der Waals surface area contributed by atoms with E-state index in [1.165, 1.54) is 18.2 Å². The Hall–Kier alpha value is -3.75. The molecule has 0 aliphatic carbocycles. The van der Waals surface area contributed by atoms with Gasteiger partial charge >= 0.3 is 6.03 Å². The summed E-state index contributed by atoms with van der Waals surface area (Å²) in [4.78, 5) is 46.1. The number of nitrogens with one attached hydrogen (secondary N) is 3. The molecule has 4 rings (SSSR count). The maximum Gasteiger partial charge on any atom is 0.319 e. The number of piperidine rings is 1. The third kappa shape index (κ3) is 6.18. The number of benzene rings is 2. The molecular weight excluding hydrogens is 437 g/mol. The molecule has 1 atom stereocenters. The zero-order chi connectivity index (χ0) is 23.9. The highest BCUT2D eigenvalue weighted by molar-refractivity contribution is 5.89. The third-order valence-corrected chi connectivity index (χ3v) is 5.97. The molecule has 0 radical (unpaired) electrons. The molecule has 0 saturated carbocycles. The second-order valence-electron chi connectivity index (χ2n) is 8.58. The van der Waals surface area contributed by atoms with E-state index in [0.717, 1.165) is 12.8 Å². The SMILES string of the molecule is O=C(NCC1CCCN(C(=O)CCCc2nc3ccccc3c(=O)[nH]2)C1)Nc1cccc(F)c1. The summed E-state index contributed by atoms with van der Waals surface area (Å²) in [6, 6.07) is 12.5. The number of halogens is 1. The van der Waals surface area contributed by atoms with Crippen molar-refractivity contribution >= 4 is 28.5 Å². The summed E-state index contributed by atoms with van der Waals surface area (Å²) in [6.45, 7) is 1.73. The molecule has 1 fully saturated rings. The third-order valence-electron chi connectivity index (χ3n) is 5.97. The molecule has 3 N–H and O–H groups in total. The van der Waals surface area contributed by atoms with E-state index in [-0.39, 0.29) is 17.4 Å². The number of hydrogen-bond acceptors (Lipinski definition) is 4. The zero-order valence-corrected chi connectivity index (χ0v) is 18.9. The van der Waals surface area contributed by atoms with Crippen molar-refractivity contribution in [2.24, 2.45) is 5.92 Å². The molecule has 178 valence electrons. The lowest BCUT2D eigenvalue weighted by Crippen LogP contribution is -2.44. The van der Waals surface area contributed by atoms with Gasteiger partial charge in [-0.05, 0) is 55.5 Å². The summed E-state index contributed by atoms with van der Waals surface area (Å²) < 4.78 is 13.2. The van der Waals surface area contributed by atoms with Crippen LogP contribution >= 0.6 is 0 Å². The number of hydrogen-bond donors (Lipinski definition) is 3. The molecule has 1 aliphatic heterocycles. The quantitative estimate of drug-likeness (QED) is 0.497. The summed E-state index contributed by atoms with van der Waals surface area (Å²) >= 11 is 0. The van der Waals surface area contributed by atoms with Gasteiger partial charge in [-0.1, -0.05) is 18.2 Å². The molecule has 0 bridgehead atoms. The van der Waals surface area contributed by atoms with Crippen LogP contribution in [-0.2, 0) is 11.2 Å². The van der Waals surface area contributed by atoms with Gasteiger partial charge in [0.2, 0.25) is 5.91 Å². The predicted molar refractivity (Wildman–Crippen MR) is 128 cm³/mol. The summed E-state index contributed by atoms with van der Waals surface area (Å²) in [5.41, 5.74) is 0.875. The Balaban J connectivity index is 1.22. The van der Waals surface area contributed by atoms with Crippen LogP contribution in [0, 0.1) is 11.7 Å². The van der Waals surface area contributed by atoms with E-state index >= 15 is 0 Å². The van der Waals surface area contributed by atoms with Crippen molar-refractivity contribution in [1.29, 1.82) is 0 Å². The summed E-state index contributed by atoms with van der Waals surface area (Å²) in [7, 11) is 0. The van der Waals surface area contributed by atoms with Gasteiger partial charge in [0.25, 0.3) is 5.56 Å². The van der Waals surface area contributed by atoms with Gasteiger partial charge in [0.15, 0.2) is 0 Å². The van der Waals surface area contributed by atoms with Crippen LogP contribution in [0.15, 0.2) is 53.3 Å². The Bertz CT molecular complexity index is 1230. The molecule has 8 nitrogen and oxygen atoms in total. The maximum atomic E-state index is 13.2. The van der Waals surface area contributed by atoms with E-state index in [1.807, 2.05) is 11.0 Å². The fraction of sp³-hybridized carbons (Fsp3) is 0.360. The number of amides is 3. The molecule has 34 heavy (non-hydrogen) atoms. The largest absolute Gasteiger partial charge is 0.342 e. The van der Waals surface area contributed by atoms with E-state index in [9.17, 15) is 18.8 Å². The van der Waals surface area contributed by atoms with Crippen LogP contribution in [-0.4, -0.2) is 46.4 Å². The van der Waals surface area contributed by atoms with Crippen molar-refractivity contribution in [3.05, 3.63) is 70.5 Å². The monoisotopic (exact) mass is 465 g/mol. The number of carbonyl (C=O) groups excluding carboxylic acids is 2. The lowest BCUT2D eigenvalue weighted by Gasteiger charge is -2.33. The molecule has 1 unspecified atom stereocenters. The van der Waals surface area contributed by atoms with Crippen molar-refractivity contribution in [2.45, 2.75) is 32.1 Å². The van der Waals surface area contributed by atoms with Gasteiger partial charge in [0.05, 0.1) is 10.9 Å². The molecule has 1 saturated heterocycles. The molecule has 3 amide bonds. The van der Waals surface area contributed by atoms with Gasteiger partial charge in [0, 0.05) is 38.2 Å².